The normalized spacial score (nSPS) is 23.3. The van der Waals surface area contributed by atoms with Gasteiger partial charge in [-0.25, -0.2) is 4.79 Å². The molecule has 1 fully saturated rings. The summed E-state index contributed by atoms with van der Waals surface area (Å²) in [6.45, 7) is 5.78. The van der Waals surface area contributed by atoms with Crippen LogP contribution in [0.2, 0.25) is 0 Å². The van der Waals surface area contributed by atoms with Crippen LogP contribution in [0.25, 0.3) is 31.9 Å². The van der Waals surface area contributed by atoms with Gasteiger partial charge in [-0.1, -0.05) is 13.0 Å². The van der Waals surface area contributed by atoms with E-state index in [2.05, 4.69) is 0 Å². The number of pyridine rings is 2. The molecule has 0 saturated carbocycles. The van der Waals surface area contributed by atoms with Crippen molar-refractivity contribution in [2.24, 2.45) is 5.73 Å². The number of carboxylic acid groups (broad SMARTS) is 1. The van der Waals surface area contributed by atoms with Crippen molar-refractivity contribution in [3.63, 3.8) is 0 Å². The summed E-state index contributed by atoms with van der Waals surface area (Å²) in [5, 5.41) is 53.2. The number of carbonyl (C=O) groups is 3. The van der Waals surface area contributed by atoms with Crippen molar-refractivity contribution in [2.75, 3.05) is 6.54 Å². The molecule has 0 unspecified atom stereocenters. The van der Waals surface area contributed by atoms with Crippen LogP contribution >= 0.6 is 0 Å². The second-order valence-electron chi connectivity index (χ2n) is 15.4. The standard InChI is InChI=1S/C42H44N4O13Se/c1-4-42(55)27-14-29-31-25(16-46(29)37(50)26(27)18-56-40(42)53)22(23-7-5-6-8-28(23)44-31)11-12-45(19(2)3)41(54)57-17-20-9-10-30(24-13-21(15-43)60-36(20)24)58-39-34(49)32(47)33(48)35(59-39)38(51)52/h5-10,13-14,19,32-35,39,47-49,55H,4,11-12,15-18,43H2,1-3H3,(H,51,52)/t32-,33-,34+,35-,39+,42+/m0/s1. The Balaban J connectivity index is 1.04. The number of aromatic nitrogens is 2. The number of ether oxygens (including phenoxy) is 4. The Bertz CT molecular complexity index is 2610. The summed E-state index contributed by atoms with van der Waals surface area (Å²) in [5.41, 5.74) is 8.26. The summed E-state index contributed by atoms with van der Waals surface area (Å²) in [7, 11) is 0. The van der Waals surface area contributed by atoms with Crippen molar-refractivity contribution in [3.05, 3.63) is 91.1 Å². The van der Waals surface area contributed by atoms with Gasteiger partial charge in [-0.15, -0.1) is 0 Å². The van der Waals surface area contributed by atoms with E-state index in [0.717, 1.165) is 25.2 Å². The molecule has 18 heteroatoms. The first-order valence-electron chi connectivity index (χ1n) is 19.5. The Morgan fingerprint density at radius 3 is 2.55 bits per heavy atom. The van der Waals surface area contributed by atoms with E-state index >= 15 is 0 Å². The van der Waals surface area contributed by atoms with Crippen LogP contribution in [-0.2, 0) is 62.1 Å². The molecule has 60 heavy (non-hydrogen) atoms. The predicted octanol–water partition coefficient (Wildman–Crippen LogP) is 1.61. The average molecular weight is 892 g/mol. The quantitative estimate of drug-likeness (QED) is 0.0799. The number of nitrogens with zero attached hydrogens (tertiary/aromatic N) is 3. The second kappa shape index (κ2) is 16.0. The Hall–Kier alpha value is -5.17. The minimum atomic E-state index is -1.96. The first-order valence-corrected chi connectivity index (χ1v) is 21.2. The molecule has 3 aliphatic heterocycles. The Morgan fingerprint density at radius 2 is 1.83 bits per heavy atom. The van der Waals surface area contributed by atoms with Crippen molar-refractivity contribution in [1.29, 1.82) is 0 Å². The zero-order valence-corrected chi connectivity index (χ0v) is 34.6. The fraction of sp³-hybridized carbons (Fsp3) is 0.405. The first kappa shape index (κ1) is 41.6. The van der Waals surface area contributed by atoms with Gasteiger partial charge in [-0.3, -0.25) is 4.79 Å². The summed E-state index contributed by atoms with van der Waals surface area (Å²) < 4.78 is 25.7. The molecule has 6 heterocycles. The molecule has 2 aromatic carbocycles. The maximum absolute atomic E-state index is 13.9. The third-order valence-electron chi connectivity index (χ3n) is 11.6. The number of carboxylic acids is 1. The van der Waals surface area contributed by atoms with Gasteiger partial charge in [0.2, 0.25) is 0 Å². The van der Waals surface area contributed by atoms with E-state index in [1.165, 1.54) is 0 Å². The Morgan fingerprint density at radius 1 is 1.07 bits per heavy atom. The van der Waals surface area contributed by atoms with Crippen LogP contribution in [0.5, 0.6) is 5.75 Å². The van der Waals surface area contributed by atoms with E-state index in [1.54, 1.807) is 34.6 Å². The van der Waals surface area contributed by atoms with Crippen molar-refractivity contribution < 1.29 is 58.9 Å². The number of hydrogen-bond donors (Lipinski definition) is 6. The number of nitrogens with two attached hydrogens (primary N) is 1. The summed E-state index contributed by atoms with van der Waals surface area (Å²) in [4.78, 5) is 58.7. The van der Waals surface area contributed by atoms with Crippen molar-refractivity contribution >= 4 is 53.1 Å². The van der Waals surface area contributed by atoms with Crippen LogP contribution in [0, 0.1) is 0 Å². The third kappa shape index (κ3) is 6.96. The number of para-hydroxylation sites is 1. The van der Waals surface area contributed by atoms with Crippen LogP contribution < -0.4 is 16.0 Å². The molecular formula is C42H44N4O13Se. The molecule has 17 nitrogen and oxygen atoms in total. The number of carbonyl (C=O) groups excluding carboxylic acids is 2. The fourth-order valence-electron chi connectivity index (χ4n) is 8.21. The molecule has 6 atom stereocenters. The van der Waals surface area contributed by atoms with Gasteiger partial charge < -0.3 is 9.84 Å². The average Bonchev–Trinajstić information content (AvgIpc) is 3.84. The van der Waals surface area contributed by atoms with Gasteiger partial charge >= 0.3 is 275 Å². The summed E-state index contributed by atoms with van der Waals surface area (Å²) in [6.07, 6.45) is -9.05. The van der Waals surface area contributed by atoms with Gasteiger partial charge in [0.15, 0.2) is 5.60 Å². The van der Waals surface area contributed by atoms with Crippen molar-refractivity contribution in [3.8, 4) is 17.1 Å². The Kier molecular flexibility index (Phi) is 11.1. The zero-order chi connectivity index (χ0) is 42.8. The summed E-state index contributed by atoms with van der Waals surface area (Å²) >= 11 is -0.284. The number of benzene rings is 2. The molecule has 7 N–H and O–H groups in total. The molecular weight excluding hydrogens is 847 g/mol. The molecule has 1 saturated heterocycles. The topological polar surface area (TPSA) is 253 Å². The molecule has 5 aromatic rings. The zero-order valence-electron chi connectivity index (χ0n) is 32.9. The number of aliphatic hydroxyl groups is 4. The number of esters is 1. The molecule has 0 aliphatic carbocycles. The number of amides is 1. The Labute approximate surface area is 348 Å². The number of rotatable bonds is 11. The van der Waals surface area contributed by atoms with Crippen LogP contribution in [-0.4, -0.2) is 116 Å². The fourth-order valence-corrected chi connectivity index (χ4v) is 10.4. The summed E-state index contributed by atoms with van der Waals surface area (Å²) in [6, 6.07) is 14.1. The molecule has 0 spiro atoms. The third-order valence-corrected chi connectivity index (χ3v) is 14.1. The number of cyclic esters (lactones) is 1. The van der Waals surface area contributed by atoms with Crippen LogP contribution in [0.3, 0.4) is 0 Å². The van der Waals surface area contributed by atoms with Gasteiger partial charge in [-0.05, 0) is 12.5 Å². The number of hydrogen-bond acceptors (Lipinski definition) is 14. The molecule has 8 rings (SSSR count). The molecule has 3 aliphatic rings. The predicted molar refractivity (Wildman–Crippen MR) is 214 cm³/mol. The second-order valence-corrected chi connectivity index (χ2v) is 17.7. The minimum absolute atomic E-state index is 0.0242. The van der Waals surface area contributed by atoms with E-state index < -0.39 is 54.3 Å². The van der Waals surface area contributed by atoms with Gasteiger partial charge in [0.25, 0.3) is 5.56 Å². The SMILES string of the molecule is CC[C@]1(O)C(=O)OCc2c1cc1n(c2=O)Cc2c-1nc1ccccc1c2CCN(C(=O)OCc1ccc(O[C@@H]2O[C@H](C(=O)O)[C@@H](O)[C@H](O)[C@H]2O)c2cc(CN)[se]c12)C(C)C. The van der Waals surface area contributed by atoms with E-state index in [-0.39, 0.29) is 82.2 Å². The van der Waals surface area contributed by atoms with Gasteiger partial charge in [0.1, 0.15) is 6.61 Å². The van der Waals surface area contributed by atoms with Gasteiger partial charge in [0.05, 0.1) is 5.56 Å². The van der Waals surface area contributed by atoms with Crippen LogP contribution in [0.15, 0.2) is 53.3 Å². The molecule has 0 bridgehead atoms. The van der Waals surface area contributed by atoms with Gasteiger partial charge in [-0.2, -0.15) is 0 Å². The van der Waals surface area contributed by atoms with E-state index in [1.807, 2.05) is 44.2 Å². The molecule has 1 amide bonds. The maximum atomic E-state index is 13.9. The molecule has 316 valence electrons. The number of fused-ring (bicyclic) bond motifs is 6. The van der Waals surface area contributed by atoms with Crippen molar-refractivity contribution in [2.45, 2.75) is 102 Å². The molecule has 3 aromatic heterocycles. The van der Waals surface area contributed by atoms with E-state index in [9.17, 15) is 44.7 Å². The van der Waals surface area contributed by atoms with Gasteiger partial charge in [0, 0.05) is 5.56 Å². The van der Waals surface area contributed by atoms with Crippen LogP contribution in [0.4, 0.5) is 4.79 Å². The first-order chi connectivity index (χ1) is 28.7. The number of aliphatic carboxylic acids is 1. The van der Waals surface area contributed by atoms with Crippen molar-refractivity contribution in [1.82, 2.24) is 14.5 Å². The van der Waals surface area contributed by atoms with E-state index in [4.69, 9.17) is 29.7 Å². The monoisotopic (exact) mass is 892 g/mol. The molecule has 0 radical (unpaired) electrons. The summed E-state index contributed by atoms with van der Waals surface area (Å²) in [5.74, 6) is -2.11. The van der Waals surface area contributed by atoms with Crippen LogP contribution in [0.1, 0.15) is 59.4 Å². The van der Waals surface area contributed by atoms with E-state index in [0.29, 0.717) is 34.3 Å². The number of aliphatic hydroxyl groups excluding tert-OH is 3.